The number of hydrogen-bond donors (Lipinski definition) is 1. The minimum absolute atomic E-state index is 0.0571. The van der Waals surface area contributed by atoms with Crippen LogP contribution in [0.1, 0.15) is 25.3 Å². The Morgan fingerprint density at radius 2 is 2.14 bits per heavy atom. The van der Waals surface area contributed by atoms with E-state index in [1.54, 1.807) is 0 Å². The molecule has 0 spiro atoms. The van der Waals surface area contributed by atoms with Gasteiger partial charge in [-0.2, -0.15) is 0 Å². The average molecular weight is 299 g/mol. The lowest BCUT2D eigenvalue weighted by Crippen LogP contribution is -2.51. The Balaban J connectivity index is 1.70. The van der Waals surface area contributed by atoms with Crippen LogP contribution in [0.3, 0.4) is 0 Å². The van der Waals surface area contributed by atoms with Crippen LogP contribution < -0.4 is 4.90 Å². The molecule has 2 saturated heterocycles. The average Bonchev–Trinajstić information content (AvgIpc) is 3.17. The molecule has 1 aromatic carbocycles. The van der Waals surface area contributed by atoms with Crippen LogP contribution in [0.25, 0.3) is 0 Å². The van der Waals surface area contributed by atoms with Gasteiger partial charge in [0.1, 0.15) is 0 Å². The molecular formula is C18H21NO3. The summed E-state index contributed by atoms with van der Waals surface area (Å²) in [5.41, 5.74) is 1.53. The summed E-state index contributed by atoms with van der Waals surface area (Å²) in [6.45, 7) is 4.15. The van der Waals surface area contributed by atoms with Gasteiger partial charge >= 0.3 is 0 Å². The number of nitrogens with zero attached hydrogens (tertiary/aromatic N) is 1. The predicted octanol–water partition coefficient (Wildman–Crippen LogP) is 2.09. The number of ether oxygens (including phenoxy) is 1. The number of aliphatic hydroxyl groups excluding tert-OH is 1. The minimum atomic E-state index is -0.546. The molecule has 5 rings (SSSR count). The first kappa shape index (κ1) is 13.1. The molecule has 4 nitrogen and oxygen atoms in total. The number of benzene rings is 1. The van der Waals surface area contributed by atoms with E-state index in [2.05, 4.69) is 6.92 Å². The fraction of sp³-hybridized carbons (Fsp3) is 0.611. The number of aliphatic hydroxyl groups is 1. The van der Waals surface area contributed by atoms with Crippen LogP contribution in [0.15, 0.2) is 24.3 Å². The zero-order valence-corrected chi connectivity index (χ0v) is 12.9. The van der Waals surface area contributed by atoms with Crippen molar-refractivity contribution >= 4 is 11.6 Å². The van der Waals surface area contributed by atoms with Crippen LogP contribution in [0.4, 0.5) is 5.69 Å². The molecule has 7 atom stereocenters. The molecule has 4 aliphatic rings. The van der Waals surface area contributed by atoms with Crippen LogP contribution >= 0.6 is 0 Å². The van der Waals surface area contributed by atoms with Gasteiger partial charge in [-0.1, -0.05) is 25.1 Å². The topological polar surface area (TPSA) is 49.8 Å². The van der Waals surface area contributed by atoms with Crippen molar-refractivity contribution in [3.63, 3.8) is 0 Å². The van der Waals surface area contributed by atoms with Gasteiger partial charge in [0.05, 0.1) is 18.1 Å². The van der Waals surface area contributed by atoms with E-state index >= 15 is 0 Å². The lowest BCUT2D eigenvalue weighted by Gasteiger charge is -2.39. The predicted molar refractivity (Wildman–Crippen MR) is 81.1 cm³/mol. The Bertz CT molecular complexity index is 674. The monoisotopic (exact) mass is 299 g/mol. The summed E-state index contributed by atoms with van der Waals surface area (Å²) in [5, 5.41) is 10.5. The van der Waals surface area contributed by atoms with Gasteiger partial charge in [0.25, 0.3) is 0 Å². The highest BCUT2D eigenvalue weighted by Gasteiger charge is 2.78. The quantitative estimate of drug-likeness (QED) is 0.910. The van der Waals surface area contributed by atoms with Gasteiger partial charge in [0.15, 0.2) is 5.72 Å². The number of amides is 1. The SMILES string of the molecule is CC[C@]12O[C@@H]3[C@H](O)[C@H]4C[C@H]3[C@@H]1[C@H]4C(=O)N2c1ccccc1C. The maximum Gasteiger partial charge on any atom is 0.233 e. The summed E-state index contributed by atoms with van der Waals surface area (Å²) in [5.74, 6) is 0.796. The molecule has 2 aliphatic carbocycles. The molecule has 2 saturated carbocycles. The third-order valence-electron chi connectivity index (χ3n) is 6.66. The Kier molecular flexibility index (Phi) is 2.33. The normalized spacial score (nSPS) is 47.8. The molecule has 1 aromatic rings. The van der Waals surface area contributed by atoms with Crippen molar-refractivity contribution in [1.29, 1.82) is 0 Å². The molecule has 0 radical (unpaired) electrons. The Hall–Kier alpha value is -1.39. The van der Waals surface area contributed by atoms with E-state index in [0.29, 0.717) is 5.92 Å². The number of para-hydroxylation sites is 1. The zero-order chi connectivity index (χ0) is 15.2. The van der Waals surface area contributed by atoms with Crippen molar-refractivity contribution in [3.05, 3.63) is 29.8 Å². The maximum absolute atomic E-state index is 13.2. The smallest absolute Gasteiger partial charge is 0.233 e. The lowest BCUT2D eigenvalue weighted by atomic mass is 9.76. The van der Waals surface area contributed by atoms with E-state index in [4.69, 9.17) is 4.74 Å². The van der Waals surface area contributed by atoms with Gasteiger partial charge in [0.2, 0.25) is 5.91 Å². The van der Waals surface area contributed by atoms with Crippen LogP contribution in [0, 0.1) is 30.6 Å². The first-order valence-corrected chi connectivity index (χ1v) is 8.35. The van der Waals surface area contributed by atoms with Crippen LogP contribution in [-0.4, -0.2) is 28.9 Å². The van der Waals surface area contributed by atoms with Gasteiger partial charge < -0.3 is 9.84 Å². The second kappa shape index (κ2) is 3.92. The van der Waals surface area contributed by atoms with Crippen molar-refractivity contribution in [3.8, 4) is 0 Å². The Morgan fingerprint density at radius 1 is 1.36 bits per heavy atom. The van der Waals surface area contributed by atoms with E-state index in [0.717, 1.165) is 24.1 Å². The van der Waals surface area contributed by atoms with E-state index in [-0.39, 0.29) is 29.8 Å². The Labute approximate surface area is 130 Å². The van der Waals surface area contributed by atoms with Gasteiger partial charge in [0, 0.05) is 11.6 Å². The van der Waals surface area contributed by atoms with Gasteiger partial charge in [-0.25, -0.2) is 0 Å². The highest BCUT2D eigenvalue weighted by molar-refractivity contribution is 6.01. The fourth-order valence-corrected chi connectivity index (χ4v) is 5.90. The first-order valence-electron chi connectivity index (χ1n) is 8.35. The number of carbonyl (C=O) groups excluding carboxylic acids is 1. The minimum Gasteiger partial charge on any atom is -0.390 e. The highest BCUT2D eigenvalue weighted by Crippen LogP contribution is 2.68. The van der Waals surface area contributed by atoms with Crippen LogP contribution in [-0.2, 0) is 9.53 Å². The summed E-state index contributed by atoms with van der Waals surface area (Å²) in [6.07, 6.45) is 1.20. The van der Waals surface area contributed by atoms with E-state index in [1.807, 2.05) is 36.1 Å². The van der Waals surface area contributed by atoms with Gasteiger partial charge in [-0.05, 0) is 43.2 Å². The van der Waals surface area contributed by atoms with Gasteiger partial charge in [-0.3, -0.25) is 9.69 Å². The fourth-order valence-electron chi connectivity index (χ4n) is 5.90. The summed E-state index contributed by atoms with van der Waals surface area (Å²) in [4.78, 5) is 15.1. The molecule has 2 heterocycles. The third-order valence-corrected chi connectivity index (χ3v) is 6.66. The molecule has 2 bridgehead atoms. The standard InChI is InChI=1S/C18H21NO3/c1-3-18-14-11-8-10(15(20)16(11)22-18)13(14)17(21)19(18)12-7-5-4-6-9(12)2/h4-7,10-11,13-16,20H,3,8H2,1-2H3/t10-,11-,13-,14+,15+,16-,18-/m0/s1. The highest BCUT2D eigenvalue weighted by atomic mass is 16.6. The largest absolute Gasteiger partial charge is 0.390 e. The second-order valence-electron chi connectivity index (χ2n) is 7.35. The molecule has 0 aromatic heterocycles. The molecule has 116 valence electrons. The molecule has 1 N–H and O–H groups in total. The van der Waals surface area contributed by atoms with E-state index in [9.17, 15) is 9.90 Å². The van der Waals surface area contributed by atoms with E-state index < -0.39 is 11.8 Å². The van der Waals surface area contributed by atoms with Crippen molar-refractivity contribution in [2.24, 2.45) is 23.7 Å². The molecular weight excluding hydrogens is 278 g/mol. The van der Waals surface area contributed by atoms with Crippen LogP contribution in [0.2, 0.25) is 0 Å². The molecule has 1 amide bonds. The summed E-state index contributed by atoms with van der Waals surface area (Å²) < 4.78 is 6.43. The van der Waals surface area contributed by atoms with E-state index in [1.165, 1.54) is 0 Å². The van der Waals surface area contributed by atoms with Crippen LogP contribution in [0.5, 0.6) is 0 Å². The molecule has 2 aliphatic heterocycles. The number of anilines is 1. The number of rotatable bonds is 2. The van der Waals surface area contributed by atoms with Crippen molar-refractivity contribution in [2.45, 2.75) is 44.6 Å². The number of aryl methyl sites for hydroxylation is 1. The Morgan fingerprint density at radius 3 is 2.86 bits per heavy atom. The molecule has 4 heteroatoms. The van der Waals surface area contributed by atoms with Gasteiger partial charge in [-0.15, -0.1) is 0 Å². The first-order chi connectivity index (χ1) is 10.6. The van der Waals surface area contributed by atoms with Crippen molar-refractivity contribution in [2.75, 3.05) is 4.90 Å². The maximum atomic E-state index is 13.2. The lowest BCUT2D eigenvalue weighted by molar-refractivity contribution is -0.133. The number of fused-ring (bicyclic) bond motifs is 2. The summed E-state index contributed by atoms with van der Waals surface area (Å²) >= 11 is 0. The van der Waals surface area contributed by atoms with Crippen molar-refractivity contribution in [1.82, 2.24) is 0 Å². The summed E-state index contributed by atoms with van der Waals surface area (Å²) in [6, 6.07) is 8.04. The number of carbonyl (C=O) groups is 1. The second-order valence-corrected chi connectivity index (χ2v) is 7.35. The zero-order valence-electron chi connectivity index (χ0n) is 12.9. The molecule has 4 fully saturated rings. The third kappa shape index (κ3) is 1.19. The summed E-state index contributed by atoms with van der Waals surface area (Å²) in [7, 11) is 0. The van der Waals surface area contributed by atoms with Crippen molar-refractivity contribution < 1.29 is 14.6 Å². The number of hydrogen-bond acceptors (Lipinski definition) is 3. The molecule has 22 heavy (non-hydrogen) atoms. The molecule has 0 unspecified atom stereocenters.